The highest BCUT2D eigenvalue weighted by atomic mass is 16.2. The second-order valence-corrected chi connectivity index (χ2v) is 7.61. The summed E-state index contributed by atoms with van der Waals surface area (Å²) in [5, 5.41) is 2.98. The lowest BCUT2D eigenvalue weighted by Gasteiger charge is -2.35. The fourth-order valence-electron chi connectivity index (χ4n) is 4.02. The van der Waals surface area contributed by atoms with E-state index < -0.39 is 0 Å². The lowest BCUT2D eigenvalue weighted by molar-refractivity contribution is 0.0596. The van der Waals surface area contributed by atoms with Crippen LogP contribution in [0.1, 0.15) is 52.1 Å². The number of aromatic nitrogens is 2. The van der Waals surface area contributed by atoms with E-state index in [0.717, 1.165) is 43.4 Å². The molecule has 0 radical (unpaired) electrons. The van der Waals surface area contributed by atoms with E-state index in [-0.39, 0.29) is 17.9 Å². The molecule has 1 aliphatic heterocycles. The number of rotatable bonds is 5. The maximum Gasteiger partial charge on any atom is 0.274 e. The third kappa shape index (κ3) is 4.16. The number of carbonyl (C=O) groups excluding carboxylic acids is 2. The number of hydrogen-bond donors (Lipinski definition) is 1. The van der Waals surface area contributed by atoms with Gasteiger partial charge in [-0.15, -0.1) is 0 Å². The van der Waals surface area contributed by atoms with Crippen LogP contribution in [0.15, 0.2) is 54.9 Å². The fraction of sp³-hybridized carbons (Fsp3) is 0.348. The Morgan fingerprint density at radius 2 is 1.97 bits per heavy atom. The van der Waals surface area contributed by atoms with Crippen LogP contribution in [0.4, 0.5) is 0 Å². The minimum Gasteiger partial charge on any atom is -0.352 e. The number of fused-ring (bicyclic) bond motifs is 1. The summed E-state index contributed by atoms with van der Waals surface area (Å²) in [5.74, 6) is -0.0951. The molecule has 6 heteroatoms. The van der Waals surface area contributed by atoms with E-state index in [1.807, 2.05) is 58.9 Å². The van der Waals surface area contributed by atoms with E-state index >= 15 is 0 Å². The number of benzene rings is 1. The maximum absolute atomic E-state index is 13.2. The van der Waals surface area contributed by atoms with E-state index in [9.17, 15) is 9.59 Å². The molecule has 2 aromatic heterocycles. The summed E-state index contributed by atoms with van der Waals surface area (Å²) in [6.07, 6.45) is 7.54. The Balaban J connectivity index is 1.42. The van der Waals surface area contributed by atoms with Crippen molar-refractivity contribution in [2.45, 2.75) is 38.6 Å². The summed E-state index contributed by atoms with van der Waals surface area (Å²) in [7, 11) is 0. The first-order valence-electron chi connectivity index (χ1n) is 10.2. The summed E-state index contributed by atoms with van der Waals surface area (Å²) in [6, 6.07) is 13.3. The van der Waals surface area contributed by atoms with Crippen LogP contribution in [-0.2, 0) is 0 Å². The topological polar surface area (TPSA) is 66.7 Å². The third-order valence-corrected chi connectivity index (χ3v) is 5.58. The van der Waals surface area contributed by atoms with Crippen LogP contribution in [0.25, 0.3) is 5.65 Å². The van der Waals surface area contributed by atoms with Gasteiger partial charge in [0, 0.05) is 37.1 Å². The second-order valence-electron chi connectivity index (χ2n) is 7.61. The molecular weight excluding hydrogens is 364 g/mol. The van der Waals surface area contributed by atoms with Crippen molar-refractivity contribution in [1.82, 2.24) is 19.6 Å². The average molecular weight is 390 g/mol. The molecule has 4 rings (SSSR count). The fourth-order valence-corrected chi connectivity index (χ4v) is 4.02. The van der Waals surface area contributed by atoms with Gasteiger partial charge in [-0.25, -0.2) is 4.98 Å². The minimum absolute atomic E-state index is 0.0211. The number of hydrogen-bond acceptors (Lipinski definition) is 3. The molecule has 0 bridgehead atoms. The number of nitrogens with zero attached hydrogens (tertiary/aromatic N) is 3. The quantitative estimate of drug-likeness (QED) is 0.726. The number of aryl methyl sites for hydroxylation is 1. The Hall–Kier alpha value is -3.15. The average Bonchev–Trinajstić information content (AvgIpc) is 3.20. The van der Waals surface area contributed by atoms with Crippen molar-refractivity contribution in [2.75, 3.05) is 13.1 Å². The number of imidazole rings is 1. The monoisotopic (exact) mass is 390 g/mol. The Labute approximate surface area is 170 Å². The highest BCUT2D eigenvalue weighted by molar-refractivity contribution is 5.94. The molecule has 29 heavy (non-hydrogen) atoms. The van der Waals surface area contributed by atoms with Crippen LogP contribution in [0.5, 0.6) is 0 Å². The number of piperidine rings is 1. The maximum atomic E-state index is 13.2. The van der Waals surface area contributed by atoms with Crippen LogP contribution >= 0.6 is 0 Å². The molecule has 6 nitrogen and oxygen atoms in total. The van der Waals surface area contributed by atoms with E-state index in [0.29, 0.717) is 17.8 Å². The van der Waals surface area contributed by atoms with E-state index in [4.69, 9.17) is 0 Å². The molecular formula is C23H26N4O2. The first-order valence-corrected chi connectivity index (χ1v) is 10.2. The number of nitrogens with one attached hydrogen (secondary N) is 1. The van der Waals surface area contributed by atoms with Crippen molar-refractivity contribution in [3.8, 4) is 0 Å². The molecule has 1 fully saturated rings. The number of likely N-dealkylation sites (tertiary alicyclic amines) is 1. The number of pyridine rings is 1. The Morgan fingerprint density at radius 3 is 2.76 bits per heavy atom. The molecule has 0 spiro atoms. The van der Waals surface area contributed by atoms with Gasteiger partial charge in [-0.05, 0) is 56.4 Å². The first-order chi connectivity index (χ1) is 14.1. The van der Waals surface area contributed by atoms with Gasteiger partial charge in [0.1, 0.15) is 11.3 Å². The molecule has 0 unspecified atom stereocenters. The highest BCUT2D eigenvalue weighted by Crippen LogP contribution is 2.22. The summed E-state index contributed by atoms with van der Waals surface area (Å²) >= 11 is 0. The largest absolute Gasteiger partial charge is 0.352 e. The van der Waals surface area contributed by atoms with Crippen LogP contribution in [0, 0.1) is 6.92 Å². The van der Waals surface area contributed by atoms with Crippen LogP contribution in [0.3, 0.4) is 0 Å². The summed E-state index contributed by atoms with van der Waals surface area (Å²) in [6.45, 7) is 3.28. The molecule has 1 aliphatic rings. The highest BCUT2D eigenvalue weighted by Gasteiger charge is 2.28. The van der Waals surface area contributed by atoms with Crippen molar-refractivity contribution in [2.24, 2.45) is 0 Å². The lowest BCUT2D eigenvalue weighted by atomic mass is 9.98. The van der Waals surface area contributed by atoms with Crippen molar-refractivity contribution < 1.29 is 9.59 Å². The van der Waals surface area contributed by atoms with Crippen LogP contribution in [-0.4, -0.2) is 45.2 Å². The number of amides is 2. The standard InChI is InChI=1S/C23H26N4O2/c1-17-8-7-14-26-16-20(25-21(17)26)23(29)27-15-6-5-11-19(27)12-13-24-22(28)18-9-3-2-4-10-18/h2-4,7-10,14,16,19H,5-6,11-13,15H2,1H3,(H,24,28)/t19-/m0/s1. The zero-order valence-electron chi connectivity index (χ0n) is 16.7. The molecule has 150 valence electrons. The molecule has 1 atom stereocenters. The normalized spacial score (nSPS) is 16.7. The van der Waals surface area contributed by atoms with Gasteiger partial charge in [-0.3, -0.25) is 9.59 Å². The molecule has 1 saturated heterocycles. The Morgan fingerprint density at radius 1 is 1.14 bits per heavy atom. The van der Waals surface area contributed by atoms with Gasteiger partial charge in [0.25, 0.3) is 11.8 Å². The van der Waals surface area contributed by atoms with Gasteiger partial charge in [0.15, 0.2) is 0 Å². The molecule has 1 N–H and O–H groups in total. The van der Waals surface area contributed by atoms with Gasteiger partial charge in [0.05, 0.1) is 0 Å². The summed E-state index contributed by atoms with van der Waals surface area (Å²) < 4.78 is 1.90. The predicted molar refractivity (Wildman–Crippen MR) is 112 cm³/mol. The van der Waals surface area contributed by atoms with E-state index in [2.05, 4.69) is 10.3 Å². The van der Waals surface area contributed by atoms with Gasteiger partial charge in [0.2, 0.25) is 0 Å². The Kier molecular flexibility index (Phi) is 5.60. The second kappa shape index (κ2) is 8.47. The van der Waals surface area contributed by atoms with E-state index in [1.165, 1.54) is 0 Å². The van der Waals surface area contributed by atoms with Gasteiger partial charge in [-0.1, -0.05) is 24.3 Å². The lowest BCUT2D eigenvalue weighted by Crippen LogP contribution is -2.45. The molecule has 2 amide bonds. The number of carbonyl (C=O) groups is 2. The smallest absolute Gasteiger partial charge is 0.274 e. The molecule has 3 aromatic rings. The van der Waals surface area contributed by atoms with Crippen LogP contribution in [0.2, 0.25) is 0 Å². The van der Waals surface area contributed by atoms with Crippen LogP contribution < -0.4 is 5.32 Å². The zero-order chi connectivity index (χ0) is 20.2. The van der Waals surface area contributed by atoms with Gasteiger partial charge < -0.3 is 14.6 Å². The SMILES string of the molecule is Cc1cccn2cc(C(=O)N3CCCC[C@H]3CCNC(=O)c3ccccc3)nc12. The third-order valence-electron chi connectivity index (χ3n) is 5.58. The molecule has 0 aliphatic carbocycles. The Bertz CT molecular complexity index is 1010. The molecule has 1 aromatic carbocycles. The first kappa shape index (κ1) is 19.2. The zero-order valence-corrected chi connectivity index (χ0v) is 16.7. The molecule has 0 saturated carbocycles. The van der Waals surface area contributed by atoms with Crippen molar-refractivity contribution in [1.29, 1.82) is 0 Å². The molecule has 3 heterocycles. The summed E-state index contributed by atoms with van der Waals surface area (Å²) in [5.41, 5.74) is 3.01. The minimum atomic E-state index is -0.0740. The van der Waals surface area contributed by atoms with Crippen molar-refractivity contribution in [3.05, 3.63) is 71.7 Å². The summed E-state index contributed by atoms with van der Waals surface area (Å²) in [4.78, 5) is 31.9. The predicted octanol–water partition coefficient (Wildman–Crippen LogP) is 3.46. The van der Waals surface area contributed by atoms with E-state index in [1.54, 1.807) is 12.1 Å². The van der Waals surface area contributed by atoms with Gasteiger partial charge in [-0.2, -0.15) is 0 Å². The van der Waals surface area contributed by atoms with Gasteiger partial charge >= 0.3 is 0 Å². The van der Waals surface area contributed by atoms with Crippen molar-refractivity contribution >= 4 is 17.5 Å². The van der Waals surface area contributed by atoms with Crippen molar-refractivity contribution in [3.63, 3.8) is 0 Å².